The number of carbonyl (C=O) groups excluding carboxylic acids is 2. The molecule has 3 aromatic rings. The van der Waals surface area contributed by atoms with Crippen LogP contribution in [0.5, 0.6) is 5.75 Å². The predicted octanol–water partition coefficient (Wildman–Crippen LogP) is 5.13. The molecule has 0 radical (unpaired) electrons. The minimum atomic E-state index is -4.13. The first-order valence-corrected chi connectivity index (χ1v) is 15.5. The Morgan fingerprint density at radius 3 is 2.30 bits per heavy atom. The lowest BCUT2D eigenvalue weighted by molar-refractivity contribution is -0.139. The van der Waals surface area contributed by atoms with Crippen LogP contribution in [0.2, 0.25) is 0 Å². The van der Waals surface area contributed by atoms with Crippen LogP contribution in [0.1, 0.15) is 38.2 Å². The van der Waals surface area contributed by atoms with E-state index in [1.807, 2.05) is 24.3 Å². The van der Waals surface area contributed by atoms with E-state index < -0.39 is 28.5 Å². The van der Waals surface area contributed by atoms with Crippen molar-refractivity contribution >= 4 is 43.5 Å². The van der Waals surface area contributed by atoms with Gasteiger partial charge in [0.05, 0.1) is 17.7 Å². The molecule has 1 N–H and O–H groups in total. The maximum absolute atomic E-state index is 14.0. The van der Waals surface area contributed by atoms with Gasteiger partial charge in [-0.2, -0.15) is 0 Å². The van der Waals surface area contributed by atoms with Gasteiger partial charge in [0, 0.05) is 17.1 Å². The molecule has 1 unspecified atom stereocenters. The van der Waals surface area contributed by atoms with Gasteiger partial charge in [-0.25, -0.2) is 8.42 Å². The molecule has 40 heavy (non-hydrogen) atoms. The summed E-state index contributed by atoms with van der Waals surface area (Å²) < 4.78 is 34.8. The molecule has 0 spiro atoms. The van der Waals surface area contributed by atoms with E-state index in [1.54, 1.807) is 49.4 Å². The lowest BCUT2D eigenvalue weighted by Gasteiger charge is -2.32. The molecule has 1 aliphatic carbocycles. The zero-order valence-corrected chi connectivity index (χ0v) is 25.0. The summed E-state index contributed by atoms with van der Waals surface area (Å²) >= 11 is 3.47. The van der Waals surface area contributed by atoms with Crippen LogP contribution in [-0.4, -0.2) is 50.9 Å². The average Bonchev–Trinajstić information content (AvgIpc) is 3.47. The topological polar surface area (TPSA) is 96.0 Å². The zero-order valence-electron chi connectivity index (χ0n) is 22.6. The molecule has 0 aliphatic heterocycles. The second-order valence-corrected chi connectivity index (χ2v) is 12.6. The van der Waals surface area contributed by atoms with E-state index in [9.17, 15) is 18.0 Å². The van der Waals surface area contributed by atoms with Crippen LogP contribution in [0, 0.1) is 0 Å². The molecule has 0 aromatic heterocycles. The molecule has 3 aromatic carbocycles. The molecule has 8 nitrogen and oxygen atoms in total. The van der Waals surface area contributed by atoms with E-state index in [0.717, 1.165) is 40.0 Å². The Balaban J connectivity index is 1.66. The Kier molecular flexibility index (Phi) is 9.86. The highest BCUT2D eigenvalue weighted by Crippen LogP contribution is 2.26. The monoisotopic (exact) mass is 627 g/mol. The number of ether oxygens (including phenoxy) is 1. The summed E-state index contributed by atoms with van der Waals surface area (Å²) in [6.45, 7) is 1.35. The summed E-state index contributed by atoms with van der Waals surface area (Å²) in [5.74, 6) is -0.224. The summed E-state index contributed by atoms with van der Waals surface area (Å²) in [6.07, 6.45) is 3.96. The first-order valence-electron chi connectivity index (χ1n) is 13.2. The number of halogens is 1. The lowest BCUT2D eigenvalue weighted by atomic mass is 10.1. The van der Waals surface area contributed by atoms with Crippen molar-refractivity contribution in [2.24, 2.45) is 0 Å². The SMILES string of the molecule is COc1ccc(S(=O)(=O)N(CC(=O)N(Cc2cccc(Br)c2)C(C)C(=O)NC2CCCC2)c2ccccc2)cc1. The number of sulfonamides is 1. The minimum absolute atomic E-state index is 0.0236. The smallest absolute Gasteiger partial charge is 0.264 e. The van der Waals surface area contributed by atoms with E-state index in [1.165, 1.54) is 24.1 Å². The highest BCUT2D eigenvalue weighted by atomic mass is 79.9. The number of carbonyl (C=O) groups is 2. The van der Waals surface area contributed by atoms with Gasteiger partial charge in [0.25, 0.3) is 10.0 Å². The van der Waals surface area contributed by atoms with Crippen molar-refractivity contribution in [3.8, 4) is 5.75 Å². The molecule has 0 bridgehead atoms. The molecule has 1 saturated carbocycles. The molecule has 10 heteroatoms. The molecule has 212 valence electrons. The van der Waals surface area contributed by atoms with Gasteiger partial charge in [-0.15, -0.1) is 0 Å². The number of methoxy groups -OCH3 is 1. The molecule has 0 heterocycles. The van der Waals surface area contributed by atoms with Crippen LogP contribution in [0.15, 0.2) is 88.2 Å². The molecule has 4 rings (SSSR count). The number of rotatable bonds is 11. The van der Waals surface area contributed by atoms with Crippen LogP contribution in [-0.2, 0) is 26.2 Å². The first kappa shape index (κ1) is 29.6. The number of nitrogens with zero attached hydrogens (tertiary/aromatic N) is 2. The van der Waals surface area contributed by atoms with Crippen molar-refractivity contribution < 1.29 is 22.7 Å². The maximum Gasteiger partial charge on any atom is 0.264 e. The van der Waals surface area contributed by atoms with Gasteiger partial charge in [-0.3, -0.25) is 13.9 Å². The van der Waals surface area contributed by atoms with E-state index in [0.29, 0.717) is 11.4 Å². The zero-order chi connectivity index (χ0) is 28.7. The van der Waals surface area contributed by atoms with Gasteiger partial charge < -0.3 is 15.0 Å². The number of anilines is 1. The molecular formula is C30H34BrN3O5S. The van der Waals surface area contributed by atoms with Crippen LogP contribution in [0.3, 0.4) is 0 Å². The second-order valence-electron chi connectivity index (χ2n) is 9.84. The van der Waals surface area contributed by atoms with E-state index in [4.69, 9.17) is 4.74 Å². The van der Waals surface area contributed by atoms with Gasteiger partial charge in [0.1, 0.15) is 18.3 Å². The van der Waals surface area contributed by atoms with Crippen molar-refractivity contribution in [2.45, 2.75) is 56.1 Å². The average molecular weight is 629 g/mol. The van der Waals surface area contributed by atoms with Crippen molar-refractivity contribution in [1.82, 2.24) is 10.2 Å². The van der Waals surface area contributed by atoms with Gasteiger partial charge in [0.2, 0.25) is 11.8 Å². The Hall–Kier alpha value is -3.37. The van der Waals surface area contributed by atoms with Crippen molar-refractivity contribution in [3.63, 3.8) is 0 Å². The molecule has 1 fully saturated rings. The Morgan fingerprint density at radius 2 is 1.68 bits per heavy atom. The van der Waals surface area contributed by atoms with Crippen LogP contribution < -0.4 is 14.4 Å². The molecule has 1 aliphatic rings. The number of nitrogens with one attached hydrogen (secondary N) is 1. The summed E-state index contributed by atoms with van der Waals surface area (Å²) in [7, 11) is -2.63. The maximum atomic E-state index is 14.0. The second kappa shape index (κ2) is 13.3. The minimum Gasteiger partial charge on any atom is -0.497 e. The van der Waals surface area contributed by atoms with Crippen molar-refractivity contribution in [2.75, 3.05) is 18.0 Å². The van der Waals surface area contributed by atoms with Gasteiger partial charge >= 0.3 is 0 Å². The first-order chi connectivity index (χ1) is 19.2. The number of hydrogen-bond acceptors (Lipinski definition) is 5. The van der Waals surface area contributed by atoms with Crippen LogP contribution in [0.4, 0.5) is 5.69 Å². The van der Waals surface area contributed by atoms with Crippen LogP contribution in [0.25, 0.3) is 0 Å². The fourth-order valence-electron chi connectivity index (χ4n) is 4.80. The summed E-state index contributed by atoms with van der Waals surface area (Å²) in [5.41, 5.74) is 1.16. The Morgan fingerprint density at radius 1 is 1.00 bits per heavy atom. The number of hydrogen-bond donors (Lipinski definition) is 1. The predicted molar refractivity (Wildman–Crippen MR) is 159 cm³/mol. The van der Waals surface area contributed by atoms with Gasteiger partial charge in [-0.1, -0.05) is 59.1 Å². The molecule has 1 atom stereocenters. The third kappa shape index (κ3) is 7.22. The third-order valence-electron chi connectivity index (χ3n) is 7.08. The van der Waals surface area contributed by atoms with Crippen molar-refractivity contribution in [3.05, 3.63) is 88.9 Å². The quantitative estimate of drug-likeness (QED) is 0.318. The van der Waals surface area contributed by atoms with E-state index >= 15 is 0 Å². The number of para-hydroxylation sites is 1. The van der Waals surface area contributed by atoms with Crippen molar-refractivity contribution in [1.29, 1.82) is 0 Å². The summed E-state index contributed by atoms with van der Waals surface area (Å²) in [6, 6.07) is 21.3. The Labute approximate surface area is 244 Å². The van der Waals surface area contributed by atoms with Crippen LogP contribution >= 0.6 is 15.9 Å². The van der Waals surface area contributed by atoms with E-state index in [2.05, 4.69) is 21.2 Å². The molecule has 0 saturated heterocycles. The number of benzene rings is 3. The third-order valence-corrected chi connectivity index (χ3v) is 9.36. The normalized spacial score (nSPS) is 14.4. The lowest BCUT2D eigenvalue weighted by Crippen LogP contribution is -2.52. The molecule has 2 amide bonds. The number of amides is 2. The highest BCUT2D eigenvalue weighted by molar-refractivity contribution is 9.10. The molecular weight excluding hydrogens is 594 g/mol. The largest absolute Gasteiger partial charge is 0.497 e. The summed E-state index contributed by atoms with van der Waals surface area (Å²) in [4.78, 5) is 28.7. The Bertz CT molecular complexity index is 1410. The fourth-order valence-corrected chi connectivity index (χ4v) is 6.67. The van der Waals surface area contributed by atoms with Gasteiger partial charge in [0.15, 0.2) is 0 Å². The van der Waals surface area contributed by atoms with E-state index in [-0.39, 0.29) is 23.4 Å². The standard InChI is InChI=1S/C30H34BrN3O5S/c1-22(30(36)32-25-11-6-7-12-25)33(20-23-9-8-10-24(31)19-23)29(35)21-34(26-13-4-3-5-14-26)40(37,38)28-17-15-27(39-2)16-18-28/h3-5,8-10,13-19,22,25H,6-7,11-12,20-21H2,1-2H3,(H,32,36). The summed E-state index contributed by atoms with van der Waals surface area (Å²) in [5, 5.41) is 3.08. The van der Waals surface area contributed by atoms with Gasteiger partial charge in [-0.05, 0) is 73.9 Å². The fraction of sp³-hybridized carbons (Fsp3) is 0.333. The highest BCUT2D eigenvalue weighted by Gasteiger charge is 2.33.